The van der Waals surface area contributed by atoms with Gasteiger partial charge in [0.15, 0.2) is 0 Å². The van der Waals surface area contributed by atoms with Gasteiger partial charge >= 0.3 is 0 Å². The molecule has 1 aliphatic rings. The van der Waals surface area contributed by atoms with Crippen LogP contribution < -0.4 is 10.9 Å². The van der Waals surface area contributed by atoms with Crippen molar-refractivity contribution in [2.45, 2.75) is 25.7 Å². The zero-order chi connectivity index (χ0) is 19.3. The highest BCUT2D eigenvalue weighted by Crippen LogP contribution is 2.18. The number of aryl methyl sites for hydroxylation is 2. The molecule has 0 bridgehead atoms. The molecular formula is C20H23N3O3S. The van der Waals surface area contributed by atoms with Crippen LogP contribution in [0.1, 0.15) is 34.5 Å². The van der Waals surface area contributed by atoms with Gasteiger partial charge in [-0.15, -0.1) is 0 Å². The molecule has 27 heavy (non-hydrogen) atoms. The van der Waals surface area contributed by atoms with E-state index in [1.54, 1.807) is 24.3 Å². The van der Waals surface area contributed by atoms with Crippen molar-refractivity contribution in [1.82, 2.24) is 10.3 Å². The summed E-state index contributed by atoms with van der Waals surface area (Å²) >= 11 is 0. The molecule has 7 heteroatoms. The number of benzene rings is 1. The smallest absolute Gasteiger partial charge is 0.261 e. The molecule has 1 aromatic heterocycles. The van der Waals surface area contributed by atoms with Crippen LogP contribution in [0, 0.1) is 0 Å². The second-order valence-electron chi connectivity index (χ2n) is 6.59. The van der Waals surface area contributed by atoms with E-state index in [-0.39, 0.29) is 17.7 Å². The summed E-state index contributed by atoms with van der Waals surface area (Å²) in [5, 5.41) is 4.15. The van der Waals surface area contributed by atoms with Crippen molar-refractivity contribution in [2.24, 2.45) is 4.36 Å². The number of nitrogens with one attached hydrogen (secondary N) is 2. The Hall–Kier alpha value is -2.67. The average Bonchev–Trinajstić information content (AvgIpc) is 2.65. The lowest BCUT2D eigenvalue weighted by Crippen LogP contribution is -2.31. The molecule has 0 radical (unpaired) electrons. The minimum Gasteiger partial charge on any atom is -0.348 e. The highest BCUT2D eigenvalue weighted by molar-refractivity contribution is 7.95. The van der Waals surface area contributed by atoms with Crippen LogP contribution in [0.25, 0.3) is 0 Å². The summed E-state index contributed by atoms with van der Waals surface area (Å²) in [6.07, 6.45) is 6.99. The number of hydrogen-bond acceptors (Lipinski definition) is 4. The first-order valence-electron chi connectivity index (χ1n) is 8.92. The van der Waals surface area contributed by atoms with Crippen LogP contribution in [-0.4, -0.2) is 27.9 Å². The van der Waals surface area contributed by atoms with Gasteiger partial charge in [-0.3, -0.25) is 9.59 Å². The second-order valence-corrected chi connectivity index (χ2v) is 8.77. The number of carbonyl (C=O) groups is 1. The Balaban J connectivity index is 1.64. The van der Waals surface area contributed by atoms with Crippen molar-refractivity contribution in [3.8, 4) is 0 Å². The Kier molecular flexibility index (Phi) is 5.91. The van der Waals surface area contributed by atoms with Gasteiger partial charge in [0.05, 0.1) is 15.4 Å². The first-order valence-corrected chi connectivity index (χ1v) is 10.9. The monoisotopic (exact) mass is 385 g/mol. The summed E-state index contributed by atoms with van der Waals surface area (Å²) in [5.41, 5.74) is 2.38. The Morgan fingerprint density at radius 3 is 2.78 bits per heavy atom. The highest BCUT2D eigenvalue weighted by Gasteiger charge is 2.16. The van der Waals surface area contributed by atoms with E-state index in [2.05, 4.69) is 14.7 Å². The van der Waals surface area contributed by atoms with E-state index < -0.39 is 15.6 Å². The van der Waals surface area contributed by atoms with Gasteiger partial charge in [-0.2, -0.15) is 4.36 Å². The molecule has 6 nitrogen and oxygen atoms in total. The van der Waals surface area contributed by atoms with E-state index in [1.165, 1.54) is 11.7 Å². The molecule has 0 saturated heterocycles. The molecular weight excluding hydrogens is 362 g/mol. The number of aromatic nitrogens is 1. The van der Waals surface area contributed by atoms with Crippen LogP contribution in [-0.2, 0) is 22.6 Å². The average molecular weight is 385 g/mol. The number of rotatable bonds is 5. The lowest BCUT2D eigenvalue weighted by Gasteiger charge is -2.15. The van der Waals surface area contributed by atoms with E-state index in [1.807, 2.05) is 18.2 Å². The Morgan fingerprint density at radius 2 is 2.00 bits per heavy atom. The van der Waals surface area contributed by atoms with Gasteiger partial charge in [-0.1, -0.05) is 24.3 Å². The topological polar surface area (TPSA) is 91.4 Å². The first-order chi connectivity index (χ1) is 12.9. The van der Waals surface area contributed by atoms with Gasteiger partial charge in [0.1, 0.15) is 5.56 Å². The molecule has 0 saturated carbocycles. The molecule has 142 valence electrons. The fourth-order valence-electron chi connectivity index (χ4n) is 3.05. The molecule has 1 aromatic carbocycles. The van der Waals surface area contributed by atoms with Crippen LogP contribution in [0.3, 0.4) is 0 Å². The van der Waals surface area contributed by atoms with Crippen molar-refractivity contribution < 1.29 is 9.00 Å². The fraction of sp³-hybridized carbons (Fsp3) is 0.300. The number of H-pyrrole nitrogens is 1. The van der Waals surface area contributed by atoms with E-state index in [9.17, 15) is 13.8 Å². The van der Waals surface area contributed by atoms with Gasteiger partial charge in [0.2, 0.25) is 0 Å². The maximum atomic E-state index is 12.5. The van der Waals surface area contributed by atoms with Crippen LogP contribution in [0.2, 0.25) is 0 Å². The molecule has 2 aromatic rings. The van der Waals surface area contributed by atoms with Gasteiger partial charge in [0, 0.05) is 23.9 Å². The Bertz CT molecular complexity index is 1030. The molecule has 2 N–H and O–H groups in total. The number of carbonyl (C=O) groups excluding carboxylic acids is 1. The van der Waals surface area contributed by atoms with Crippen molar-refractivity contribution in [1.29, 1.82) is 0 Å². The zero-order valence-electron chi connectivity index (χ0n) is 15.2. The van der Waals surface area contributed by atoms with E-state index in [0.29, 0.717) is 5.69 Å². The van der Waals surface area contributed by atoms with E-state index >= 15 is 0 Å². The minimum absolute atomic E-state index is 0.121. The number of nitrogens with zero attached hydrogens (tertiary/aromatic N) is 1. The van der Waals surface area contributed by atoms with Gasteiger partial charge in [-0.25, -0.2) is 4.21 Å². The predicted octanol–water partition coefficient (Wildman–Crippen LogP) is 2.93. The molecule has 1 aliphatic carbocycles. The SMILES string of the molecule is CS(=O)(/C=C/CNC(=O)c1cc2c([nH]c1=O)CCCC2)=Nc1ccccc1. The minimum atomic E-state index is -2.54. The second kappa shape index (κ2) is 8.35. The third-order valence-corrected chi connectivity index (χ3v) is 5.63. The van der Waals surface area contributed by atoms with Crippen LogP contribution in [0.4, 0.5) is 5.69 Å². The molecule has 1 atom stereocenters. The molecule has 1 unspecified atom stereocenters. The fourth-order valence-corrected chi connectivity index (χ4v) is 4.10. The maximum absolute atomic E-state index is 12.5. The van der Waals surface area contributed by atoms with Crippen molar-refractivity contribution in [3.05, 3.63) is 75.1 Å². The molecule has 0 fully saturated rings. The highest BCUT2D eigenvalue weighted by atomic mass is 32.2. The van der Waals surface area contributed by atoms with Crippen molar-refractivity contribution >= 4 is 21.3 Å². The molecule has 1 amide bonds. The van der Waals surface area contributed by atoms with Crippen LogP contribution >= 0.6 is 0 Å². The predicted molar refractivity (Wildman–Crippen MR) is 108 cm³/mol. The summed E-state index contributed by atoms with van der Waals surface area (Å²) in [6.45, 7) is 0.171. The lowest BCUT2D eigenvalue weighted by molar-refractivity contribution is 0.0956. The number of aromatic amines is 1. The van der Waals surface area contributed by atoms with Crippen LogP contribution in [0.15, 0.2) is 57.0 Å². The summed E-state index contributed by atoms with van der Waals surface area (Å²) in [6, 6.07) is 10.8. The third kappa shape index (κ3) is 5.17. The lowest BCUT2D eigenvalue weighted by atomic mass is 9.95. The summed E-state index contributed by atoms with van der Waals surface area (Å²) < 4.78 is 16.7. The first kappa shape index (κ1) is 19.1. The van der Waals surface area contributed by atoms with E-state index in [4.69, 9.17) is 0 Å². The molecule has 3 rings (SSSR count). The number of hydrogen-bond donors (Lipinski definition) is 2. The number of fused-ring (bicyclic) bond motifs is 1. The molecule has 0 aliphatic heterocycles. The zero-order valence-corrected chi connectivity index (χ0v) is 16.1. The maximum Gasteiger partial charge on any atom is 0.261 e. The van der Waals surface area contributed by atoms with E-state index in [0.717, 1.165) is 36.9 Å². The standard InChI is InChI=1S/C20H23N3O3S/c1-27(26,23-16-9-3-2-4-10-16)13-7-12-21-19(24)17-14-15-8-5-6-11-18(15)22-20(17)25/h2-4,7,9-10,13-14H,5-6,8,11-12H2,1H3,(H,21,24)(H,22,25)/b13-7+. The third-order valence-electron chi connectivity index (χ3n) is 4.35. The normalized spacial score (nSPS) is 15.7. The molecule has 1 heterocycles. The summed E-state index contributed by atoms with van der Waals surface area (Å²) in [4.78, 5) is 27.3. The summed E-state index contributed by atoms with van der Waals surface area (Å²) in [7, 11) is -2.54. The number of amides is 1. The Morgan fingerprint density at radius 1 is 1.26 bits per heavy atom. The number of pyridine rings is 1. The molecule has 0 spiro atoms. The summed E-state index contributed by atoms with van der Waals surface area (Å²) in [5.74, 6) is -0.433. The van der Waals surface area contributed by atoms with Gasteiger partial charge in [0.25, 0.3) is 11.5 Å². The van der Waals surface area contributed by atoms with Crippen molar-refractivity contribution in [2.75, 3.05) is 12.8 Å². The Labute approximate surface area is 158 Å². The van der Waals surface area contributed by atoms with Crippen LogP contribution in [0.5, 0.6) is 0 Å². The quantitative estimate of drug-likeness (QED) is 0.829. The van der Waals surface area contributed by atoms with Gasteiger partial charge in [-0.05, 0) is 49.4 Å². The largest absolute Gasteiger partial charge is 0.348 e. The van der Waals surface area contributed by atoms with Crippen molar-refractivity contribution in [3.63, 3.8) is 0 Å². The van der Waals surface area contributed by atoms with Gasteiger partial charge < -0.3 is 10.3 Å².